The highest BCUT2D eigenvalue weighted by Crippen LogP contribution is 2.39. The van der Waals surface area contributed by atoms with Crippen molar-refractivity contribution < 1.29 is 19.0 Å². The minimum Gasteiger partial charge on any atom is -0.493 e. The number of methoxy groups -OCH3 is 2. The monoisotopic (exact) mass is 300 g/mol. The molecule has 0 amide bonds. The quantitative estimate of drug-likeness (QED) is 0.510. The second-order valence-corrected chi connectivity index (χ2v) is 4.74. The number of benzene rings is 1. The maximum Gasteiger partial charge on any atom is 0.252 e. The molecule has 0 aromatic heterocycles. The van der Waals surface area contributed by atoms with Crippen LogP contribution in [0.2, 0.25) is 0 Å². The first-order chi connectivity index (χ1) is 9.63. The molecule has 0 spiro atoms. The predicted octanol–water partition coefficient (Wildman–Crippen LogP) is 4.04. The number of carbonyl (C=O) groups excluding carboxylic acids is 1. The van der Waals surface area contributed by atoms with Gasteiger partial charge >= 0.3 is 0 Å². The molecule has 0 unspecified atom stereocenters. The molecule has 4 nitrogen and oxygen atoms in total. The summed E-state index contributed by atoms with van der Waals surface area (Å²) in [6.07, 6.45) is 4.46. The van der Waals surface area contributed by atoms with Crippen LogP contribution in [0.3, 0.4) is 0 Å². The molecular weight excluding hydrogens is 280 g/mol. The summed E-state index contributed by atoms with van der Waals surface area (Å²) in [6, 6.07) is 3.11. The summed E-state index contributed by atoms with van der Waals surface area (Å²) in [5.74, 6) is 1.40. The van der Waals surface area contributed by atoms with E-state index in [1.54, 1.807) is 12.1 Å². The molecule has 0 saturated carbocycles. The van der Waals surface area contributed by atoms with Gasteiger partial charge in [-0.15, -0.1) is 0 Å². The molecule has 1 aromatic carbocycles. The van der Waals surface area contributed by atoms with E-state index in [0.29, 0.717) is 29.4 Å². The molecule has 1 aromatic rings. The zero-order chi connectivity index (χ0) is 15.0. The molecule has 0 aliphatic carbocycles. The standard InChI is InChI=1S/C15H21ClO4/c1-4-5-6-7-8-20-14-12(18-2)9-11(15(16)17)10-13(14)19-3/h9-10H,4-8H2,1-3H3. The summed E-state index contributed by atoms with van der Waals surface area (Å²) in [6.45, 7) is 2.75. The van der Waals surface area contributed by atoms with E-state index in [2.05, 4.69) is 6.92 Å². The van der Waals surface area contributed by atoms with Crippen molar-refractivity contribution >= 4 is 16.8 Å². The van der Waals surface area contributed by atoms with Gasteiger partial charge in [-0.05, 0) is 30.2 Å². The van der Waals surface area contributed by atoms with Crippen molar-refractivity contribution in [1.29, 1.82) is 0 Å². The van der Waals surface area contributed by atoms with Crippen LogP contribution in [0, 0.1) is 0 Å². The SMILES string of the molecule is CCCCCCOc1c(OC)cc(C(=O)Cl)cc1OC. The first-order valence-electron chi connectivity index (χ1n) is 6.72. The maximum atomic E-state index is 11.2. The molecule has 0 radical (unpaired) electrons. The van der Waals surface area contributed by atoms with Gasteiger partial charge in [-0.25, -0.2) is 0 Å². The van der Waals surface area contributed by atoms with Crippen molar-refractivity contribution in [3.05, 3.63) is 17.7 Å². The summed E-state index contributed by atoms with van der Waals surface area (Å²) < 4.78 is 16.2. The zero-order valence-electron chi connectivity index (χ0n) is 12.2. The molecular formula is C15H21ClO4. The van der Waals surface area contributed by atoms with Crippen molar-refractivity contribution in [2.45, 2.75) is 32.6 Å². The normalized spacial score (nSPS) is 10.2. The van der Waals surface area contributed by atoms with Crippen LogP contribution >= 0.6 is 11.6 Å². The summed E-state index contributed by atoms with van der Waals surface area (Å²) in [5.41, 5.74) is 0.318. The van der Waals surface area contributed by atoms with E-state index < -0.39 is 5.24 Å². The van der Waals surface area contributed by atoms with Gasteiger partial charge in [-0.1, -0.05) is 26.2 Å². The van der Waals surface area contributed by atoms with E-state index in [9.17, 15) is 4.79 Å². The van der Waals surface area contributed by atoms with Gasteiger partial charge in [0, 0.05) is 5.56 Å². The number of hydrogen-bond donors (Lipinski definition) is 0. The van der Waals surface area contributed by atoms with Crippen LogP contribution in [-0.4, -0.2) is 26.1 Å². The number of ether oxygens (including phenoxy) is 3. The van der Waals surface area contributed by atoms with E-state index in [0.717, 1.165) is 12.8 Å². The highest BCUT2D eigenvalue weighted by Gasteiger charge is 2.16. The Morgan fingerprint density at radius 3 is 2.15 bits per heavy atom. The van der Waals surface area contributed by atoms with Gasteiger partial charge in [0.25, 0.3) is 5.24 Å². The summed E-state index contributed by atoms with van der Waals surface area (Å²) in [4.78, 5) is 11.2. The molecule has 0 aliphatic heterocycles. The Kier molecular flexibility index (Phi) is 7.23. The third-order valence-electron chi connectivity index (χ3n) is 2.93. The van der Waals surface area contributed by atoms with Crippen LogP contribution in [0.25, 0.3) is 0 Å². The van der Waals surface area contributed by atoms with Gasteiger partial charge in [0.05, 0.1) is 20.8 Å². The largest absolute Gasteiger partial charge is 0.493 e. The van der Waals surface area contributed by atoms with Crippen LogP contribution < -0.4 is 14.2 Å². The first-order valence-corrected chi connectivity index (χ1v) is 7.10. The molecule has 112 valence electrons. The Bertz CT molecular complexity index is 420. The molecule has 1 rings (SSSR count). The van der Waals surface area contributed by atoms with Gasteiger partial charge in [-0.2, -0.15) is 0 Å². The third kappa shape index (κ3) is 4.60. The Labute approximate surface area is 125 Å². The van der Waals surface area contributed by atoms with Crippen LogP contribution in [0.15, 0.2) is 12.1 Å². The second-order valence-electron chi connectivity index (χ2n) is 4.39. The summed E-state index contributed by atoms with van der Waals surface area (Å²) >= 11 is 5.48. The molecule has 5 heteroatoms. The Hall–Kier alpha value is -1.42. The van der Waals surface area contributed by atoms with E-state index >= 15 is 0 Å². The first kappa shape index (κ1) is 16.6. The van der Waals surface area contributed by atoms with E-state index in [-0.39, 0.29) is 0 Å². The molecule has 0 atom stereocenters. The van der Waals surface area contributed by atoms with Crippen molar-refractivity contribution in [1.82, 2.24) is 0 Å². The summed E-state index contributed by atoms with van der Waals surface area (Å²) in [7, 11) is 3.03. The average molecular weight is 301 g/mol. The lowest BCUT2D eigenvalue weighted by Crippen LogP contribution is -2.03. The number of halogens is 1. The lowest BCUT2D eigenvalue weighted by molar-refractivity contribution is 0.108. The van der Waals surface area contributed by atoms with Gasteiger partial charge in [-0.3, -0.25) is 4.79 Å². The van der Waals surface area contributed by atoms with E-state index in [1.165, 1.54) is 27.1 Å². The molecule has 0 heterocycles. The topological polar surface area (TPSA) is 44.8 Å². The maximum absolute atomic E-state index is 11.2. The Morgan fingerprint density at radius 2 is 1.70 bits per heavy atom. The van der Waals surface area contributed by atoms with Gasteiger partial charge < -0.3 is 14.2 Å². The minimum atomic E-state index is -0.559. The molecule has 0 aliphatic rings. The molecule has 0 bridgehead atoms. The van der Waals surface area contributed by atoms with Crippen molar-refractivity contribution in [3.8, 4) is 17.2 Å². The third-order valence-corrected chi connectivity index (χ3v) is 3.15. The number of unbranched alkanes of at least 4 members (excludes halogenated alkanes) is 3. The molecule has 20 heavy (non-hydrogen) atoms. The zero-order valence-corrected chi connectivity index (χ0v) is 13.0. The average Bonchev–Trinajstić information content (AvgIpc) is 2.46. The Balaban J connectivity index is 2.84. The van der Waals surface area contributed by atoms with E-state index in [1.807, 2.05) is 0 Å². The number of carbonyl (C=O) groups is 1. The minimum absolute atomic E-state index is 0.318. The molecule has 0 fully saturated rings. The van der Waals surface area contributed by atoms with Crippen molar-refractivity contribution in [3.63, 3.8) is 0 Å². The highest BCUT2D eigenvalue weighted by atomic mass is 35.5. The fraction of sp³-hybridized carbons (Fsp3) is 0.533. The Morgan fingerprint density at radius 1 is 1.10 bits per heavy atom. The van der Waals surface area contributed by atoms with Gasteiger partial charge in [0.15, 0.2) is 11.5 Å². The lowest BCUT2D eigenvalue weighted by Gasteiger charge is -2.15. The van der Waals surface area contributed by atoms with Gasteiger partial charge in [0.2, 0.25) is 5.75 Å². The molecule has 0 N–H and O–H groups in total. The van der Waals surface area contributed by atoms with Crippen LogP contribution in [-0.2, 0) is 0 Å². The number of hydrogen-bond acceptors (Lipinski definition) is 4. The predicted molar refractivity (Wildman–Crippen MR) is 79.4 cm³/mol. The fourth-order valence-electron chi connectivity index (χ4n) is 1.84. The van der Waals surface area contributed by atoms with Gasteiger partial charge in [0.1, 0.15) is 0 Å². The van der Waals surface area contributed by atoms with Crippen molar-refractivity contribution in [2.75, 3.05) is 20.8 Å². The summed E-state index contributed by atoms with van der Waals surface area (Å²) in [5, 5.41) is -0.559. The lowest BCUT2D eigenvalue weighted by atomic mass is 10.2. The van der Waals surface area contributed by atoms with Crippen LogP contribution in [0.5, 0.6) is 17.2 Å². The van der Waals surface area contributed by atoms with Crippen LogP contribution in [0.1, 0.15) is 43.0 Å². The van der Waals surface area contributed by atoms with E-state index in [4.69, 9.17) is 25.8 Å². The smallest absolute Gasteiger partial charge is 0.252 e. The highest BCUT2D eigenvalue weighted by molar-refractivity contribution is 6.67. The molecule has 0 saturated heterocycles. The fourth-order valence-corrected chi connectivity index (χ4v) is 1.95. The second kappa shape index (κ2) is 8.69. The van der Waals surface area contributed by atoms with Crippen molar-refractivity contribution in [2.24, 2.45) is 0 Å². The van der Waals surface area contributed by atoms with Crippen LogP contribution in [0.4, 0.5) is 0 Å². The number of rotatable bonds is 9.